The smallest absolute Gasteiger partial charge is 0.259 e. The van der Waals surface area contributed by atoms with Crippen LogP contribution in [0.25, 0.3) is 0 Å². The summed E-state index contributed by atoms with van der Waals surface area (Å²) in [7, 11) is 1.58. The fourth-order valence-electron chi connectivity index (χ4n) is 2.43. The maximum absolute atomic E-state index is 12.6. The van der Waals surface area contributed by atoms with Crippen LogP contribution in [0.5, 0.6) is 5.88 Å². The average Bonchev–Trinajstić information content (AvgIpc) is 2.55. The van der Waals surface area contributed by atoms with Crippen molar-refractivity contribution in [2.75, 3.05) is 33.4 Å². The Balaban J connectivity index is 2.02. The number of primary amides is 1. The minimum absolute atomic E-state index is 0.136. The van der Waals surface area contributed by atoms with Gasteiger partial charge in [-0.2, -0.15) is 0 Å². The summed E-state index contributed by atoms with van der Waals surface area (Å²) in [6.07, 6.45) is 2.78. The number of carbonyl (C=O) groups is 2. The van der Waals surface area contributed by atoms with E-state index in [1.807, 2.05) is 0 Å². The molecule has 0 aliphatic carbocycles. The van der Waals surface area contributed by atoms with E-state index in [4.69, 9.17) is 15.2 Å². The molecule has 7 nitrogen and oxygen atoms in total. The van der Waals surface area contributed by atoms with Crippen molar-refractivity contribution in [2.45, 2.75) is 12.8 Å². The number of likely N-dealkylation sites (tertiary alicyclic amines) is 1. The number of hydrogen-bond acceptors (Lipinski definition) is 5. The van der Waals surface area contributed by atoms with Crippen LogP contribution in [-0.4, -0.2) is 55.1 Å². The maximum Gasteiger partial charge on any atom is 0.259 e. The fourth-order valence-corrected chi connectivity index (χ4v) is 2.43. The number of ether oxygens (including phenoxy) is 2. The number of nitrogens with two attached hydrogens (primary N) is 1. The molecule has 120 valence electrons. The van der Waals surface area contributed by atoms with Crippen molar-refractivity contribution in [3.63, 3.8) is 0 Å². The minimum atomic E-state index is -0.294. The zero-order chi connectivity index (χ0) is 15.9. The van der Waals surface area contributed by atoms with Gasteiger partial charge < -0.3 is 20.1 Å². The van der Waals surface area contributed by atoms with Crippen LogP contribution in [0, 0.1) is 5.92 Å². The summed E-state index contributed by atoms with van der Waals surface area (Å²) in [6, 6.07) is 3.39. The molecule has 2 amide bonds. The Hall–Kier alpha value is -2.15. The Morgan fingerprint density at radius 3 is 2.73 bits per heavy atom. The summed E-state index contributed by atoms with van der Waals surface area (Å²) < 4.78 is 10.4. The molecule has 1 aromatic heterocycles. The molecule has 0 aromatic carbocycles. The topological polar surface area (TPSA) is 94.8 Å². The number of amides is 2. The number of piperidine rings is 1. The van der Waals surface area contributed by atoms with Gasteiger partial charge in [0.15, 0.2) is 0 Å². The Labute approximate surface area is 129 Å². The molecule has 0 bridgehead atoms. The Morgan fingerprint density at radius 2 is 2.09 bits per heavy atom. The number of pyridine rings is 1. The van der Waals surface area contributed by atoms with Crippen molar-refractivity contribution in [1.82, 2.24) is 9.88 Å². The van der Waals surface area contributed by atoms with Gasteiger partial charge in [0.05, 0.1) is 6.61 Å². The molecule has 1 saturated heterocycles. The first kappa shape index (κ1) is 16.2. The summed E-state index contributed by atoms with van der Waals surface area (Å²) in [6.45, 7) is 1.78. The Morgan fingerprint density at radius 1 is 1.36 bits per heavy atom. The van der Waals surface area contributed by atoms with Gasteiger partial charge in [-0.3, -0.25) is 9.59 Å². The SMILES string of the molecule is COCCOc1ncccc1C(=O)N1CCC(C(N)=O)CC1. The van der Waals surface area contributed by atoms with E-state index in [2.05, 4.69) is 4.98 Å². The van der Waals surface area contributed by atoms with E-state index in [1.54, 1.807) is 30.3 Å². The second kappa shape index (κ2) is 7.74. The van der Waals surface area contributed by atoms with Gasteiger partial charge in [-0.1, -0.05) is 0 Å². The van der Waals surface area contributed by atoms with E-state index >= 15 is 0 Å². The lowest BCUT2D eigenvalue weighted by atomic mass is 9.96. The van der Waals surface area contributed by atoms with Crippen LogP contribution in [0.1, 0.15) is 23.2 Å². The first-order valence-corrected chi connectivity index (χ1v) is 7.29. The number of methoxy groups -OCH3 is 1. The molecule has 1 aliphatic heterocycles. The Bertz CT molecular complexity index is 527. The van der Waals surface area contributed by atoms with Crippen molar-refractivity contribution in [1.29, 1.82) is 0 Å². The third-order valence-electron chi connectivity index (χ3n) is 3.71. The molecule has 2 rings (SSSR count). The van der Waals surface area contributed by atoms with E-state index in [1.165, 1.54) is 0 Å². The number of hydrogen-bond donors (Lipinski definition) is 1. The second-order valence-corrected chi connectivity index (χ2v) is 5.17. The monoisotopic (exact) mass is 307 g/mol. The lowest BCUT2D eigenvalue weighted by Crippen LogP contribution is -2.41. The van der Waals surface area contributed by atoms with Crippen molar-refractivity contribution >= 4 is 11.8 Å². The van der Waals surface area contributed by atoms with Crippen LogP contribution in [0.15, 0.2) is 18.3 Å². The van der Waals surface area contributed by atoms with Crippen molar-refractivity contribution in [3.05, 3.63) is 23.9 Å². The lowest BCUT2D eigenvalue weighted by molar-refractivity contribution is -0.123. The summed E-state index contributed by atoms with van der Waals surface area (Å²) in [5.41, 5.74) is 5.73. The highest BCUT2D eigenvalue weighted by molar-refractivity contribution is 5.96. The molecule has 0 spiro atoms. The van der Waals surface area contributed by atoms with Gasteiger partial charge in [-0.05, 0) is 25.0 Å². The molecule has 0 saturated carbocycles. The molecule has 1 aromatic rings. The molecule has 2 N–H and O–H groups in total. The van der Waals surface area contributed by atoms with Crippen LogP contribution in [-0.2, 0) is 9.53 Å². The number of nitrogens with zero attached hydrogens (tertiary/aromatic N) is 2. The highest BCUT2D eigenvalue weighted by Gasteiger charge is 2.28. The molecule has 0 atom stereocenters. The highest BCUT2D eigenvalue weighted by Crippen LogP contribution is 2.22. The first-order chi connectivity index (χ1) is 10.6. The molecule has 2 heterocycles. The predicted octanol–water partition coefficient (Wildman–Crippen LogP) is 0.444. The molecule has 0 unspecified atom stereocenters. The standard InChI is InChI=1S/C15H21N3O4/c1-21-9-10-22-14-12(3-2-6-17-14)15(20)18-7-4-11(5-8-18)13(16)19/h2-3,6,11H,4-5,7-10H2,1H3,(H2,16,19). The van der Waals surface area contributed by atoms with Crippen molar-refractivity contribution in [3.8, 4) is 5.88 Å². The van der Waals surface area contributed by atoms with Gasteiger partial charge >= 0.3 is 0 Å². The second-order valence-electron chi connectivity index (χ2n) is 5.17. The summed E-state index contributed by atoms with van der Waals surface area (Å²) in [4.78, 5) is 29.6. The van der Waals surface area contributed by atoms with E-state index in [0.29, 0.717) is 50.6 Å². The molecule has 7 heteroatoms. The van der Waals surface area contributed by atoms with Crippen LogP contribution in [0.2, 0.25) is 0 Å². The number of aromatic nitrogens is 1. The van der Waals surface area contributed by atoms with Crippen LogP contribution in [0.4, 0.5) is 0 Å². The van der Waals surface area contributed by atoms with Crippen molar-refractivity contribution < 1.29 is 19.1 Å². The molecule has 1 fully saturated rings. The highest BCUT2D eigenvalue weighted by atomic mass is 16.5. The van der Waals surface area contributed by atoms with Crippen molar-refractivity contribution in [2.24, 2.45) is 11.7 Å². The largest absolute Gasteiger partial charge is 0.475 e. The fraction of sp³-hybridized carbons (Fsp3) is 0.533. The van der Waals surface area contributed by atoms with Gasteiger partial charge in [0.25, 0.3) is 5.91 Å². The first-order valence-electron chi connectivity index (χ1n) is 7.29. The third kappa shape index (κ3) is 3.94. The summed E-state index contributed by atoms with van der Waals surface area (Å²) >= 11 is 0. The average molecular weight is 307 g/mol. The van der Waals surface area contributed by atoms with Gasteiger partial charge in [0.2, 0.25) is 11.8 Å². The third-order valence-corrected chi connectivity index (χ3v) is 3.71. The Kier molecular flexibility index (Phi) is 5.71. The minimum Gasteiger partial charge on any atom is -0.475 e. The van der Waals surface area contributed by atoms with Gasteiger partial charge in [-0.25, -0.2) is 4.98 Å². The maximum atomic E-state index is 12.6. The van der Waals surface area contributed by atoms with E-state index in [-0.39, 0.29) is 17.7 Å². The van der Waals surface area contributed by atoms with Gasteiger partial charge in [0, 0.05) is 32.3 Å². The number of carbonyl (C=O) groups excluding carboxylic acids is 2. The zero-order valence-corrected chi connectivity index (χ0v) is 12.7. The summed E-state index contributed by atoms with van der Waals surface area (Å²) in [5.74, 6) is -0.266. The molecular weight excluding hydrogens is 286 g/mol. The van der Waals surface area contributed by atoms with Gasteiger partial charge in [-0.15, -0.1) is 0 Å². The molecule has 1 aliphatic rings. The quantitative estimate of drug-likeness (QED) is 0.770. The van der Waals surface area contributed by atoms with Crippen LogP contribution in [0.3, 0.4) is 0 Å². The van der Waals surface area contributed by atoms with Gasteiger partial charge in [0.1, 0.15) is 12.2 Å². The van der Waals surface area contributed by atoms with Crippen LogP contribution >= 0.6 is 0 Å². The van der Waals surface area contributed by atoms with Crippen LogP contribution < -0.4 is 10.5 Å². The van der Waals surface area contributed by atoms with E-state index in [9.17, 15) is 9.59 Å². The molecular formula is C15H21N3O4. The number of rotatable bonds is 6. The summed E-state index contributed by atoms with van der Waals surface area (Å²) in [5, 5.41) is 0. The molecule has 22 heavy (non-hydrogen) atoms. The predicted molar refractivity (Wildman–Crippen MR) is 79.4 cm³/mol. The normalized spacial score (nSPS) is 15.6. The molecule has 0 radical (unpaired) electrons. The zero-order valence-electron chi connectivity index (χ0n) is 12.7. The van der Waals surface area contributed by atoms with E-state index < -0.39 is 0 Å². The lowest BCUT2D eigenvalue weighted by Gasteiger charge is -2.30. The van der Waals surface area contributed by atoms with E-state index in [0.717, 1.165) is 0 Å².